The zero-order chi connectivity index (χ0) is 12.3. The maximum Gasteiger partial charge on any atom is 0.123 e. The first-order chi connectivity index (χ1) is 8.30. The molecule has 17 heavy (non-hydrogen) atoms. The zero-order valence-corrected chi connectivity index (χ0v) is 9.89. The molecule has 0 amide bonds. The Hall–Kier alpha value is -1.59. The van der Waals surface area contributed by atoms with Crippen molar-refractivity contribution in [2.24, 2.45) is 5.73 Å². The van der Waals surface area contributed by atoms with Crippen LogP contribution in [-0.2, 0) is 13.1 Å². The van der Waals surface area contributed by atoms with E-state index in [9.17, 15) is 0 Å². The smallest absolute Gasteiger partial charge is 0.123 e. The molecule has 0 radical (unpaired) electrons. The van der Waals surface area contributed by atoms with Crippen LogP contribution < -0.4 is 10.5 Å². The van der Waals surface area contributed by atoms with Crippen molar-refractivity contribution in [2.45, 2.75) is 20.0 Å². The summed E-state index contributed by atoms with van der Waals surface area (Å²) in [5.74, 6) is 1.62. The van der Waals surface area contributed by atoms with Gasteiger partial charge in [-0.05, 0) is 19.1 Å². The van der Waals surface area contributed by atoms with Gasteiger partial charge >= 0.3 is 0 Å². The molecule has 0 aliphatic rings. The number of hydrogen-bond acceptors (Lipinski definition) is 4. The molecule has 1 aromatic heterocycles. The van der Waals surface area contributed by atoms with E-state index in [2.05, 4.69) is 16.5 Å². The second kappa shape index (κ2) is 5.16. The first-order valence-electron chi connectivity index (χ1n) is 5.73. The van der Waals surface area contributed by atoms with Gasteiger partial charge in [-0.3, -0.25) is 0 Å². The van der Waals surface area contributed by atoms with Crippen molar-refractivity contribution in [3.05, 3.63) is 24.0 Å². The van der Waals surface area contributed by atoms with Crippen molar-refractivity contribution < 1.29 is 9.84 Å². The number of fused-ring (bicyclic) bond motifs is 1. The van der Waals surface area contributed by atoms with E-state index in [1.165, 1.54) is 0 Å². The van der Waals surface area contributed by atoms with Gasteiger partial charge in [-0.2, -0.15) is 0 Å². The molecule has 0 spiro atoms. The number of imidazole rings is 1. The van der Waals surface area contributed by atoms with Crippen molar-refractivity contribution in [1.29, 1.82) is 0 Å². The SMILES string of the molecule is CCn1c(CN)nc2ccc(OCCO)cc21. The lowest BCUT2D eigenvalue weighted by Gasteiger charge is -2.06. The van der Waals surface area contributed by atoms with Gasteiger partial charge in [-0.1, -0.05) is 0 Å². The van der Waals surface area contributed by atoms with Crippen molar-refractivity contribution in [2.75, 3.05) is 13.2 Å². The third-order valence-electron chi connectivity index (χ3n) is 2.66. The normalized spacial score (nSPS) is 11.0. The van der Waals surface area contributed by atoms with Crippen LogP contribution in [0, 0.1) is 0 Å². The number of rotatable bonds is 5. The summed E-state index contributed by atoms with van der Waals surface area (Å²) >= 11 is 0. The second-order valence-corrected chi connectivity index (χ2v) is 3.70. The molecule has 0 aliphatic heterocycles. The Morgan fingerprint density at radius 2 is 2.29 bits per heavy atom. The Morgan fingerprint density at radius 3 is 2.94 bits per heavy atom. The minimum absolute atomic E-state index is 0.0130. The van der Waals surface area contributed by atoms with Gasteiger partial charge in [0.15, 0.2) is 0 Å². The lowest BCUT2D eigenvalue weighted by atomic mass is 10.3. The highest BCUT2D eigenvalue weighted by molar-refractivity contribution is 5.77. The average Bonchev–Trinajstić information content (AvgIpc) is 2.72. The molecule has 3 N–H and O–H groups in total. The lowest BCUT2D eigenvalue weighted by molar-refractivity contribution is 0.201. The summed E-state index contributed by atoms with van der Waals surface area (Å²) in [7, 11) is 0. The minimum atomic E-state index is 0.0130. The van der Waals surface area contributed by atoms with Crippen LogP contribution in [0.5, 0.6) is 5.75 Å². The summed E-state index contributed by atoms with van der Waals surface area (Å²) in [4.78, 5) is 4.46. The van der Waals surface area contributed by atoms with E-state index in [1.807, 2.05) is 18.2 Å². The van der Waals surface area contributed by atoms with E-state index in [4.69, 9.17) is 15.6 Å². The van der Waals surface area contributed by atoms with Crippen LogP contribution in [-0.4, -0.2) is 27.9 Å². The van der Waals surface area contributed by atoms with E-state index in [1.54, 1.807) is 0 Å². The highest BCUT2D eigenvalue weighted by Crippen LogP contribution is 2.22. The first-order valence-corrected chi connectivity index (χ1v) is 5.73. The molecule has 0 atom stereocenters. The first kappa shape index (κ1) is 11.9. The summed E-state index contributed by atoms with van der Waals surface area (Å²) in [6.07, 6.45) is 0. The van der Waals surface area contributed by atoms with Gasteiger partial charge in [0, 0.05) is 12.6 Å². The molecule has 92 valence electrons. The summed E-state index contributed by atoms with van der Waals surface area (Å²) in [5.41, 5.74) is 7.60. The van der Waals surface area contributed by atoms with Crippen LogP contribution >= 0.6 is 0 Å². The Bertz CT molecular complexity index is 508. The molecular formula is C12H17N3O2. The van der Waals surface area contributed by atoms with Gasteiger partial charge in [0.25, 0.3) is 0 Å². The molecule has 5 heteroatoms. The van der Waals surface area contributed by atoms with Crippen LogP contribution in [0.15, 0.2) is 18.2 Å². The van der Waals surface area contributed by atoms with Crippen LogP contribution in [0.1, 0.15) is 12.7 Å². The fourth-order valence-electron chi connectivity index (χ4n) is 1.91. The van der Waals surface area contributed by atoms with E-state index in [0.717, 1.165) is 29.2 Å². The minimum Gasteiger partial charge on any atom is -0.491 e. The highest BCUT2D eigenvalue weighted by Gasteiger charge is 2.08. The third-order valence-corrected chi connectivity index (χ3v) is 2.66. The number of benzene rings is 1. The monoisotopic (exact) mass is 235 g/mol. The Kier molecular flexibility index (Phi) is 3.61. The van der Waals surface area contributed by atoms with Gasteiger partial charge in [0.1, 0.15) is 18.2 Å². The maximum absolute atomic E-state index is 8.72. The summed E-state index contributed by atoms with van der Waals surface area (Å²) in [5, 5.41) is 8.72. The largest absolute Gasteiger partial charge is 0.491 e. The number of aryl methyl sites for hydroxylation is 1. The maximum atomic E-state index is 8.72. The topological polar surface area (TPSA) is 73.3 Å². The number of aromatic nitrogens is 2. The Labute approximate surface area is 99.8 Å². The number of hydrogen-bond donors (Lipinski definition) is 2. The van der Waals surface area contributed by atoms with Gasteiger partial charge in [0.05, 0.1) is 24.2 Å². The number of ether oxygens (including phenoxy) is 1. The molecule has 1 aromatic carbocycles. The molecular weight excluding hydrogens is 218 g/mol. The predicted molar refractivity (Wildman–Crippen MR) is 65.9 cm³/mol. The molecule has 0 unspecified atom stereocenters. The van der Waals surface area contributed by atoms with E-state index in [-0.39, 0.29) is 6.61 Å². The number of nitrogens with zero attached hydrogens (tertiary/aromatic N) is 2. The number of aliphatic hydroxyl groups is 1. The molecule has 5 nitrogen and oxygen atoms in total. The van der Waals surface area contributed by atoms with Crippen LogP contribution in [0.3, 0.4) is 0 Å². The molecule has 0 saturated heterocycles. The molecule has 0 fully saturated rings. The predicted octanol–water partition coefficient (Wildman–Crippen LogP) is 0.886. The second-order valence-electron chi connectivity index (χ2n) is 3.70. The van der Waals surface area contributed by atoms with Crippen molar-refractivity contribution >= 4 is 11.0 Å². The van der Waals surface area contributed by atoms with Crippen molar-refractivity contribution in [3.63, 3.8) is 0 Å². The average molecular weight is 235 g/mol. The fraction of sp³-hybridized carbons (Fsp3) is 0.417. The summed E-state index contributed by atoms with van der Waals surface area (Å²) < 4.78 is 7.45. The van der Waals surface area contributed by atoms with Crippen molar-refractivity contribution in [1.82, 2.24) is 9.55 Å². The third kappa shape index (κ3) is 2.25. The number of nitrogens with two attached hydrogens (primary N) is 1. The van der Waals surface area contributed by atoms with E-state index >= 15 is 0 Å². The molecule has 1 heterocycles. The van der Waals surface area contributed by atoms with Crippen LogP contribution in [0.2, 0.25) is 0 Å². The Balaban J connectivity index is 2.43. The van der Waals surface area contributed by atoms with Crippen LogP contribution in [0.4, 0.5) is 0 Å². The van der Waals surface area contributed by atoms with Crippen molar-refractivity contribution in [3.8, 4) is 5.75 Å². The zero-order valence-electron chi connectivity index (χ0n) is 9.89. The Morgan fingerprint density at radius 1 is 1.47 bits per heavy atom. The molecule has 2 aromatic rings. The van der Waals surface area contributed by atoms with E-state index < -0.39 is 0 Å². The standard InChI is InChI=1S/C12H17N3O2/c1-2-15-11-7-9(17-6-5-16)3-4-10(11)14-12(15)8-13/h3-4,7,16H,2,5-6,8,13H2,1H3. The highest BCUT2D eigenvalue weighted by atomic mass is 16.5. The summed E-state index contributed by atoms with van der Waals surface area (Å²) in [6.45, 7) is 3.62. The fourth-order valence-corrected chi connectivity index (χ4v) is 1.91. The van der Waals surface area contributed by atoms with Crippen LogP contribution in [0.25, 0.3) is 11.0 Å². The lowest BCUT2D eigenvalue weighted by Crippen LogP contribution is -2.07. The van der Waals surface area contributed by atoms with E-state index in [0.29, 0.717) is 13.2 Å². The van der Waals surface area contributed by atoms with Gasteiger partial charge in [-0.15, -0.1) is 0 Å². The molecule has 0 saturated carbocycles. The molecule has 0 aliphatic carbocycles. The van der Waals surface area contributed by atoms with Gasteiger partial charge in [0.2, 0.25) is 0 Å². The van der Waals surface area contributed by atoms with Gasteiger partial charge < -0.3 is 20.1 Å². The molecule has 2 rings (SSSR count). The molecule has 0 bridgehead atoms. The quantitative estimate of drug-likeness (QED) is 0.807. The summed E-state index contributed by atoms with van der Waals surface area (Å²) in [6, 6.07) is 5.69. The number of aliphatic hydroxyl groups excluding tert-OH is 1. The van der Waals surface area contributed by atoms with Gasteiger partial charge in [-0.25, -0.2) is 4.98 Å².